The van der Waals surface area contributed by atoms with Crippen molar-refractivity contribution in [2.75, 3.05) is 11.9 Å². The van der Waals surface area contributed by atoms with Gasteiger partial charge in [-0.15, -0.1) is 6.58 Å². The van der Waals surface area contributed by atoms with Gasteiger partial charge in [0.1, 0.15) is 11.0 Å². The third kappa shape index (κ3) is 4.24. The lowest BCUT2D eigenvalue weighted by Crippen LogP contribution is -2.23. The summed E-state index contributed by atoms with van der Waals surface area (Å²) >= 11 is 0. The zero-order chi connectivity index (χ0) is 24.7. The van der Waals surface area contributed by atoms with Crippen molar-refractivity contribution in [1.29, 1.82) is 0 Å². The molecule has 0 spiro atoms. The number of aromatic nitrogens is 5. The van der Waals surface area contributed by atoms with E-state index in [2.05, 4.69) is 45.8 Å². The molecule has 1 aromatic carbocycles. The Kier molecular flexibility index (Phi) is 5.74. The normalized spacial score (nSPS) is 13.8. The molecule has 5 rings (SSSR count). The van der Waals surface area contributed by atoms with E-state index in [-0.39, 0.29) is 12.1 Å². The van der Waals surface area contributed by atoms with Gasteiger partial charge in [0, 0.05) is 25.0 Å². The lowest BCUT2D eigenvalue weighted by molar-refractivity contribution is 0.0738. The largest absolute Gasteiger partial charge is 0.384 e. The van der Waals surface area contributed by atoms with Crippen LogP contribution in [0.4, 0.5) is 11.6 Å². The second-order valence-corrected chi connectivity index (χ2v) is 9.27. The highest BCUT2D eigenvalue weighted by Crippen LogP contribution is 2.27. The topological polar surface area (TPSA) is 101 Å². The maximum atomic E-state index is 13.2. The molecule has 0 bridgehead atoms. The van der Waals surface area contributed by atoms with E-state index >= 15 is 0 Å². The molecule has 0 fully saturated rings. The smallest absolute Gasteiger partial charge is 0.278 e. The van der Waals surface area contributed by atoms with E-state index in [9.17, 15) is 9.90 Å². The zero-order valence-corrected chi connectivity index (χ0v) is 20.2. The summed E-state index contributed by atoms with van der Waals surface area (Å²) in [6.07, 6.45) is 3.18. The average molecular weight is 472 g/mol. The highest BCUT2D eigenvalue weighted by atomic mass is 16.3. The van der Waals surface area contributed by atoms with Crippen molar-refractivity contribution in [3.63, 3.8) is 0 Å². The third-order valence-electron chi connectivity index (χ3n) is 6.25. The number of pyridine rings is 1. The number of nitrogens with one attached hydrogen (secondary N) is 1. The first kappa shape index (κ1) is 22.9. The van der Waals surface area contributed by atoms with Crippen molar-refractivity contribution in [2.45, 2.75) is 46.0 Å². The van der Waals surface area contributed by atoms with Gasteiger partial charge >= 0.3 is 0 Å². The summed E-state index contributed by atoms with van der Waals surface area (Å²) in [4.78, 5) is 29.3. The number of aliphatic hydroxyl groups is 1. The maximum absolute atomic E-state index is 13.2. The van der Waals surface area contributed by atoms with Crippen LogP contribution in [0.5, 0.6) is 0 Å². The SMILES string of the molecule is C=CCn1c(=O)c2cnc(Nc3ccc4c(c3)CN(CC)C4)nc2n1-c1cccc(C(C)(C)O)n1. The van der Waals surface area contributed by atoms with Crippen LogP contribution in [0.3, 0.4) is 0 Å². The second-order valence-electron chi connectivity index (χ2n) is 9.27. The molecule has 0 aliphatic carbocycles. The number of anilines is 2. The minimum absolute atomic E-state index is 0.237. The van der Waals surface area contributed by atoms with Crippen LogP contribution in [0.25, 0.3) is 16.9 Å². The van der Waals surface area contributed by atoms with Gasteiger partial charge in [-0.05, 0) is 55.8 Å². The minimum atomic E-state index is -1.13. The molecule has 0 unspecified atom stereocenters. The predicted octanol–water partition coefficient (Wildman–Crippen LogP) is 3.47. The Hall–Kier alpha value is -3.82. The van der Waals surface area contributed by atoms with Crippen LogP contribution in [0.2, 0.25) is 0 Å². The molecule has 180 valence electrons. The molecule has 35 heavy (non-hydrogen) atoms. The zero-order valence-electron chi connectivity index (χ0n) is 20.2. The summed E-state index contributed by atoms with van der Waals surface area (Å²) in [5.41, 5.74) is 3.06. The fourth-order valence-electron chi connectivity index (χ4n) is 4.39. The Morgan fingerprint density at radius 1 is 1.17 bits per heavy atom. The van der Waals surface area contributed by atoms with E-state index in [0.29, 0.717) is 28.5 Å². The van der Waals surface area contributed by atoms with Gasteiger partial charge in [-0.25, -0.2) is 19.3 Å². The van der Waals surface area contributed by atoms with Gasteiger partial charge in [0.2, 0.25) is 5.95 Å². The fraction of sp³-hybridized carbons (Fsp3) is 0.308. The lowest BCUT2D eigenvalue weighted by atomic mass is 10.1. The number of fused-ring (bicyclic) bond motifs is 2. The van der Waals surface area contributed by atoms with Crippen molar-refractivity contribution in [3.05, 3.63) is 82.4 Å². The Labute approximate surface area is 203 Å². The van der Waals surface area contributed by atoms with Crippen LogP contribution in [0.15, 0.2) is 60.0 Å². The number of benzene rings is 1. The molecule has 9 heteroatoms. The van der Waals surface area contributed by atoms with Crippen molar-refractivity contribution >= 4 is 22.7 Å². The quantitative estimate of drug-likeness (QED) is 0.398. The molecule has 3 aromatic heterocycles. The number of hydrogen-bond donors (Lipinski definition) is 2. The van der Waals surface area contributed by atoms with Gasteiger partial charge in [0.15, 0.2) is 11.5 Å². The first-order valence-corrected chi connectivity index (χ1v) is 11.7. The van der Waals surface area contributed by atoms with Gasteiger partial charge < -0.3 is 10.4 Å². The molecule has 4 heterocycles. The van der Waals surface area contributed by atoms with Crippen LogP contribution in [-0.2, 0) is 25.2 Å². The van der Waals surface area contributed by atoms with Crippen LogP contribution < -0.4 is 10.9 Å². The highest BCUT2D eigenvalue weighted by Gasteiger charge is 2.22. The Bertz CT molecular complexity index is 1480. The molecular formula is C26H29N7O2. The van der Waals surface area contributed by atoms with E-state index < -0.39 is 5.60 Å². The van der Waals surface area contributed by atoms with E-state index in [1.807, 2.05) is 6.07 Å². The standard InChI is InChI=1S/C26H29N7O2/c1-5-12-32-24(34)20-14-27-25(28-19-11-10-17-15-31(6-2)16-18(17)13-19)30-23(20)33(32)22-9-7-8-21(29-22)26(3,4)35/h5,7-11,13-14,35H,1,6,12,15-16H2,2-4H3,(H,27,28,30). The molecule has 0 radical (unpaired) electrons. The van der Waals surface area contributed by atoms with Gasteiger partial charge in [-0.2, -0.15) is 4.98 Å². The van der Waals surface area contributed by atoms with E-state index in [0.717, 1.165) is 25.3 Å². The second kappa shape index (κ2) is 8.75. The van der Waals surface area contributed by atoms with Crippen LogP contribution in [-0.4, -0.2) is 40.9 Å². The number of allylic oxidation sites excluding steroid dienone is 1. The summed E-state index contributed by atoms with van der Waals surface area (Å²) in [7, 11) is 0. The predicted molar refractivity (Wildman–Crippen MR) is 136 cm³/mol. The third-order valence-corrected chi connectivity index (χ3v) is 6.25. The van der Waals surface area contributed by atoms with Crippen LogP contribution in [0.1, 0.15) is 37.6 Å². The molecular weight excluding hydrogens is 442 g/mol. The first-order chi connectivity index (χ1) is 16.8. The van der Waals surface area contributed by atoms with Crippen molar-refractivity contribution in [2.24, 2.45) is 0 Å². The van der Waals surface area contributed by atoms with Gasteiger partial charge in [-0.3, -0.25) is 9.69 Å². The minimum Gasteiger partial charge on any atom is -0.384 e. The van der Waals surface area contributed by atoms with E-state index in [1.54, 1.807) is 42.8 Å². The summed E-state index contributed by atoms with van der Waals surface area (Å²) < 4.78 is 3.17. The molecule has 9 nitrogen and oxygen atoms in total. The highest BCUT2D eigenvalue weighted by molar-refractivity contribution is 5.77. The van der Waals surface area contributed by atoms with Crippen LogP contribution >= 0.6 is 0 Å². The molecule has 4 aromatic rings. The summed E-state index contributed by atoms with van der Waals surface area (Å²) in [5, 5.41) is 14.1. The Balaban J connectivity index is 1.59. The van der Waals surface area contributed by atoms with Crippen LogP contribution in [0, 0.1) is 0 Å². The Morgan fingerprint density at radius 2 is 1.97 bits per heavy atom. The molecule has 1 aliphatic heterocycles. The summed E-state index contributed by atoms with van der Waals surface area (Å²) in [5.74, 6) is 0.853. The molecule has 0 atom stereocenters. The monoisotopic (exact) mass is 471 g/mol. The Morgan fingerprint density at radius 3 is 2.71 bits per heavy atom. The van der Waals surface area contributed by atoms with E-state index in [4.69, 9.17) is 4.98 Å². The molecule has 0 amide bonds. The fourth-order valence-corrected chi connectivity index (χ4v) is 4.39. The first-order valence-electron chi connectivity index (χ1n) is 11.7. The van der Waals surface area contributed by atoms with Gasteiger partial charge in [0.25, 0.3) is 5.56 Å². The van der Waals surface area contributed by atoms with Gasteiger partial charge in [-0.1, -0.05) is 25.1 Å². The molecule has 0 saturated carbocycles. The molecule has 0 saturated heterocycles. The lowest BCUT2D eigenvalue weighted by Gasteiger charge is -2.18. The number of rotatable bonds is 7. The average Bonchev–Trinajstić information content (AvgIpc) is 3.37. The molecule has 1 aliphatic rings. The van der Waals surface area contributed by atoms with Crippen molar-refractivity contribution in [3.8, 4) is 5.82 Å². The maximum Gasteiger partial charge on any atom is 0.278 e. The van der Waals surface area contributed by atoms with Gasteiger partial charge in [0.05, 0.1) is 12.2 Å². The molecule has 2 N–H and O–H groups in total. The number of nitrogens with zero attached hydrogens (tertiary/aromatic N) is 6. The van der Waals surface area contributed by atoms with Crippen molar-refractivity contribution in [1.82, 2.24) is 29.2 Å². The summed E-state index contributed by atoms with van der Waals surface area (Å²) in [6.45, 7) is 12.5. The van der Waals surface area contributed by atoms with Crippen molar-refractivity contribution < 1.29 is 5.11 Å². The number of hydrogen-bond acceptors (Lipinski definition) is 7. The van der Waals surface area contributed by atoms with E-state index in [1.165, 1.54) is 22.0 Å². The summed E-state index contributed by atoms with van der Waals surface area (Å²) in [6, 6.07) is 11.6.